The number of anilines is 1. The molecule has 3 rings (SSSR count). The van der Waals surface area contributed by atoms with Gasteiger partial charge in [0, 0.05) is 38.6 Å². The molecule has 10 nitrogen and oxygen atoms in total. The zero-order valence-corrected chi connectivity index (χ0v) is 17.4. The summed E-state index contributed by atoms with van der Waals surface area (Å²) in [6.45, 7) is 3.40. The zero-order valence-electron chi connectivity index (χ0n) is 16.6. The molecule has 0 bridgehead atoms. The monoisotopic (exact) mass is 432 g/mol. The van der Waals surface area contributed by atoms with Gasteiger partial charge in [0.1, 0.15) is 0 Å². The first-order valence-electron chi connectivity index (χ1n) is 9.48. The Balaban J connectivity index is 1.40. The van der Waals surface area contributed by atoms with Crippen molar-refractivity contribution in [1.29, 1.82) is 0 Å². The zero-order chi connectivity index (χ0) is 21.6. The van der Waals surface area contributed by atoms with Gasteiger partial charge in [-0.1, -0.05) is 17.7 Å². The van der Waals surface area contributed by atoms with Crippen molar-refractivity contribution in [2.24, 2.45) is 0 Å². The molecule has 0 saturated carbocycles. The number of carbonyl (C=O) groups is 2. The van der Waals surface area contributed by atoms with Crippen LogP contribution in [0.2, 0.25) is 0 Å². The fourth-order valence-corrected chi connectivity index (χ4v) is 3.90. The minimum atomic E-state index is -3.79. The summed E-state index contributed by atoms with van der Waals surface area (Å²) in [4.78, 5) is 36.4. The molecular weight excluding hydrogens is 408 g/mol. The van der Waals surface area contributed by atoms with Crippen molar-refractivity contribution in [3.05, 3.63) is 48.3 Å². The lowest BCUT2D eigenvalue weighted by Gasteiger charge is -2.34. The van der Waals surface area contributed by atoms with Gasteiger partial charge in [-0.2, -0.15) is 0 Å². The van der Waals surface area contributed by atoms with E-state index < -0.39 is 22.5 Å². The number of piperazine rings is 1. The van der Waals surface area contributed by atoms with Crippen LogP contribution in [0.15, 0.2) is 47.6 Å². The van der Waals surface area contributed by atoms with E-state index in [1.165, 1.54) is 12.1 Å². The van der Waals surface area contributed by atoms with Crippen molar-refractivity contribution < 1.29 is 18.0 Å². The van der Waals surface area contributed by atoms with E-state index >= 15 is 0 Å². The first-order valence-corrected chi connectivity index (χ1v) is 11.0. The molecule has 0 spiro atoms. The van der Waals surface area contributed by atoms with E-state index in [9.17, 15) is 18.0 Å². The molecule has 0 radical (unpaired) electrons. The largest absolute Gasteiger partial charge is 0.346 e. The molecule has 0 unspecified atom stereocenters. The third kappa shape index (κ3) is 5.74. The molecule has 11 heteroatoms. The summed E-state index contributed by atoms with van der Waals surface area (Å²) in [5.41, 5.74) is 0.933. The van der Waals surface area contributed by atoms with Crippen LogP contribution < -0.4 is 14.9 Å². The maximum Gasteiger partial charge on any atom is 0.242 e. The highest BCUT2D eigenvalue weighted by Crippen LogP contribution is 2.10. The number of hydrogen-bond acceptors (Lipinski definition) is 7. The standard InChI is InChI=1S/C19H24N6O4S/c1-15-3-5-16(6-4-15)30(28,29)23-13-17(26)22-14-18(27)24-9-11-25(12-10-24)19-20-7-2-8-21-19/h2-8,23H,9-14H2,1H3,(H,22,26). The van der Waals surface area contributed by atoms with E-state index in [0.717, 1.165) is 5.56 Å². The fraction of sp³-hybridized carbons (Fsp3) is 0.368. The molecule has 1 aliphatic heterocycles. The summed E-state index contributed by atoms with van der Waals surface area (Å²) < 4.78 is 26.6. The van der Waals surface area contributed by atoms with Gasteiger partial charge < -0.3 is 15.1 Å². The van der Waals surface area contributed by atoms with Crippen LogP contribution in [0.4, 0.5) is 5.95 Å². The summed E-state index contributed by atoms with van der Waals surface area (Å²) in [5.74, 6) is -0.174. The Morgan fingerprint density at radius 1 is 1.00 bits per heavy atom. The van der Waals surface area contributed by atoms with E-state index in [1.807, 2.05) is 11.8 Å². The Morgan fingerprint density at radius 3 is 2.27 bits per heavy atom. The molecule has 2 aromatic rings. The van der Waals surface area contributed by atoms with Crippen molar-refractivity contribution in [3.63, 3.8) is 0 Å². The quantitative estimate of drug-likeness (QED) is 0.606. The summed E-state index contributed by atoms with van der Waals surface area (Å²) in [7, 11) is -3.79. The first-order chi connectivity index (χ1) is 14.3. The van der Waals surface area contributed by atoms with Crippen LogP contribution >= 0.6 is 0 Å². The second-order valence-corrected chi connectivity index (χ2v) is 8.60. The van der Waals surface area contributed by atoms with Gasteiger partial charge in [-0.05, 0) is 25.1 Å². The average Bonchev–Trinajstić information content (AvgIpc) is 2.77. The number of hydrogen-bond donors (Lipinski definition) is 2. The molecule has 0 aliphatic carbocycles. The Bertz CT molecular complexity index is 974. The molecule has 0 atom stereocenters. The van der Waals surface area contributed by atoms with Crippen molar-refractivity contribution in [2.75, 3.05) is 44.2 Å². The lowest BCUT2D eigenvalue weighted by molar-refractivity contribution is -0.132. The number of benzene rings is 1. The topological polar surface area (TPSA) is 125 Å². The molecular formula is C19H24N6O4S. The molecule has 2 amide bonds. The SMILES string of the molecule is Cc1ccc(S(=O)(=O)NCC(=O)NCC(=O)N2CCN(c3ncccn3)CC2)cc1. The lowest BCUT2D eigenvalue weighted by atomic mass is 10.2. The van der Waals surface area contributed by atoms with Gasteiger partial charge in [0.2, 0.25) is 27.8 Å². The molecule has 1 aromatic carbocycles. The van der Waals surface area contributed by atoms with E-state index in [2.05, 4.69) is 20.0 Å². The summed E-state index contributed by atoms with van der Waals surface area (Å²) in [6, 6.07) is 8.04. The molecule has 2 heterocycles. The van der Waals surface area contributed by atoms with Crippen LogP contribution in [-0.4, -0.2) is 74.4 Å². The molecule has 1 aliphatic rings. The smallest absolute Gasteiger partial charge is 0.242 e. The number of amides is 2. The predicted molar refractivity (Wildman–Crippen MR) is 110 cm³/mol. The van der Waals surface area contributed by atoms with Crippen LogP contribution in [0, 0.1) is 6.92 Å². The van der Waals surface area contributed by atoms with Gasteiger partial charge in [-0.3, -0.25) is 9.59 Å². The molecule has 2 N–H and O–H groups in total. The number of nitrogens with one attached hydrogen (secondary N) is 2. The maximum atomic E-state index is 12.3. The minimum Gasteiger partial charge on any atom is -0.346 e. The number of nitrogens with zero attached hydrogens (tertiary/aromatic N) is 4. The number of sulfonamides is 1. The fourth-order valence-electron chi connectivity index (χ4n) is 2.92. The van der Waals surface area contributed by atoms with Gasteiger partial charge in [0.05, 0.1) is 18.0 Å². The number of aromatic nitrogens is 2. The van der Waals surface area contributed by atoms with Crippen LogP contribution in [0.3, 0.4) is 0 Å². The van der Waals surface area contributed by atoms with E-state index in [1.54, 1.807) is 35.5 Å². The molecule has 1 saturated heterocycles. The van der Waals surface area contributed by atoms with Crippen LogP contribution in [0.5, 0.6) is 0 Å². The van der Waals surface area contributed by atoms with Crippen LogP contribution in [-0.2, 0) is 19.6 Å². The van der Waals surface area contributed by atoms with E-state index in [-0.39, 0.29) is 17.3 Å². The highest BCUT2D eigenvalue weighted by Gasteiger charge is 2.23. The Hall–Kier alpha value is -3.05. The highest BCUT2D eigenvalue weighted by molar-refractivity contribution is 7.89. The molecule has 1 fully saturated rings. The average molecular weight is 433 g/mol. The number of aryl methyl sites for hydroxylation is 1. The summed E-state index contributed by atoms with van der Waals surface area (Å²) in [5, 5.41) is 2.46. The van der Waals surface area contributed by atoms with Gasteiger partial charge in [-0.15, -0.1) is 0 Å². The van der Waals surface area contributed by atoms with Crippen molar-refractivity contribution in [1.82, 2.24) is 24.9 Å². The van der Waals surface area contributed by atoms with Gasteiger partial charge in [-0.25, -0.2) is 23.1 Å². The van der Waals surface area contributed by atoms with Crippen molar-refractivity contribution in [3.8, 4) is 0 Å². The second-order valence-electron chi connectivity index (χ2n) is 6.83. The van der Waals surface area contributed by atoms with Gasteiger partial charge in [0.15, 0.2) is 0 Å². The first kappa shape index (κ1) is 21.7. The summed E-state index contributed by atoms with van der Waals surface area (Å²) in [6.07, 6.45) is 3.34. The lowest BCUT2D eigenvalue weighted by Crippen LogP contribution is -2.52. The highest BCUT2D eigenvalue weighted by atomic mass is 32.2. The molecule has 160 valence electrons. The Labute approximate surface area is 175 Å². The van der Waals surface area contributed by atoms with Crippen LogP contribution in [0.25, 0.3) is 0 Å². The number of rotatable bonds is 7. The van der Waals surface area contributed by atoms with Crippen molar-refractivity contribution in [2.45, 2.75) is 11.8 Å². The predicted octanol–water partition coefficient (Wildman–Crippen LogP) is -0.472. The van der Waals surface area contributed by atoms with E-state index in [0.29, 0.717) is 32.1 Å². The third-order valence-corrected chi connectivity index (χ3v) is 6.08. The number of carbonyl (C=O) groups excluding carboxylic acids is 2. The van der Waals surface area contributed by atoms with Gasteiger partial charge >= 0.3 is 0 Å². The minimum absolute atomic E-state index is 0.0808. The van der Waals surface area contributed by atoms with Gasteiger partial charge in [0.25, 0.3) is 0 Å². The molecule has 1 aromatic heterocycles. The van der Waals surface area contributed by atoms with Crippen molar-refractivity contribution >= 4 is 27.8 Å². The maximum absolute atomic E-state index is 12.3. The second kappa shape index (κ2) is 9.63. The van der Waals surface area contributed by atoms with Crippen LogP contribution in [0.1, 0.15) is 5.56 Å². The molecule has 30 heavy (non-hydrogen) atoms. The summed E-state index contributed by atoms with van der Waals surface area (Å²) >= 11 is 0. The third-order valence-electron chi connectivity index (χ3n) is 4.66. The van der Waals surface area contributed by atoms with E-state index in [4.69, 9.17) is 0 Å². The Kier molecular flexibility index (Phi) is 6.95. The Morgan fingerprint density at radius 2 is 1.63 bits per heavy atom. The normalized spacial score (nSPS) is 14.4.